The molecule has 2 aromatic carbocycles. The van der Waals surface area contributed by atoms with E-state index in [1.54, 1.807) is 12.1 Å². The summed E-state index contributed by atoms with van der Waals surface area (Å²) in [5.74, 6) is -0.830. The van der Waals surface area contributed by atoms with Crippen molar-refractivity contribution in [2.75, 3.05) is 43.4 Å². The molecule has 2 N–H and O–H groups in total. The van der Waals surface area contributed by atoms with Crippen LogP contribution in [0.5, 0.6) is 5.75 Å². The van der Waals surface area contributed by atoms with Crippen LogP contribution in [0.25, 0.3) is 0 Å². The molecule has 0 radical (unpaired) electrons. The number of likely N-dealkylation sites (N-methyl/N-ethyl adjacent to an activating group) is 1. The Bertz CT molecular complexity index is 837. The predicted octanol–water partition coefficient (Wildman–Crippen LogP) is 4.36. The van der Waals surface area contributed by atoms with Crippen molar-refractivity contribution < 1.29 is 9.90 Å². The fourth-order valence-corrected chi connectivity index (χ4v) is 3.62. The number of carbonyl (C=O) groups is 1. The zero-order chi connectivity index (χ0) is 18.8. The van der Waals surface area contributed by atoms with E-state index in [2.05, 4.69) is 22.2 Å². The van der Waals surface area contributed by atoms with E-state index >= 15 is 0 Å². The summed E-state index contributed by atoms with van der Waals surface area (Å²) in [7, 11) is 2.09. The van der Waals surface area contributed by atoms with Gasteiger partial charge in [-0.1, -0.05) is 34.8 Å². The van der Waals surface area contributed by atoms with Gasteiger partial charge in [0.05, 0.1) is 21.3 Å². The van der Waals surface area contributed by atoms with Crippen LogP contribution < -0.4 is 10.2 Å². The quantitative estimate of drug-likeness (QED) is 0.784. The minimum Gasteiger partial charge on any atom is -0.506 e. The summed E-state index contributed by atoms with van der Waals surface area (Å²) in [5, 5.41) is 13.5. The maximum Gasteiger partial charge on any atom is 0.259 e. The Labute approximate surface area is 167 Å². The first kappa shape index (κ1) is 19.1. The topological polar surface area (TPSA) is 55.8 Å². The number of phenols is 1. The third-order valence-electron chi connectivity index (χ3n) is 4.32. The number of aromatic hydroxyl groups is 1. The van der Waals surface area contributed by atoms with Crippen LogP contribution in [0.1, 0.15) is 10.4 Å². The molecular weight excluding hydrogens is 397 g/mol. The third-order valence-corrected chi connectivity index (χ3v) is 5.13. The van der Waals surface area contributed by atoms with Gasteiger partial charge in [-0.2, -0.15) is 0 Å². The molecule has 0 bridgehead atoms. The summed E-state index contributed by atoms with van der Waals surface area (Å²) in [6.07, 6.45) is 0. The Morgan fingerprint density at radius 1 is 1.04 bits per heavy atom. The largest absolute Gasteiger partial charge is 0.506 e. The summed E-state index contributed by atoms with van der Waals surface area (Å²) in [6.45, 7) is 3.75. The maximum atomic E-state index is 12.4. The minimum atomic E-state index is -0.518. The molecule has 1 heterocycles. The van der Waals surface area contributed by atoms with E-state index in [0.29, 0.717) is 10.7 Å². The van der Waals surface area contributed by atoms with Gasteiger partial charge in [0.25, 0.3) is 5.91 Å². The molecule has 0 atom stereocenters. The normalized spacial score (nSPS) is 15.2. The van der Waals surface area contributed by atoms with Gasteiger partial charge in [-0.05, 0) is 37.4 Å². The van der Waals surface area contributed by atoms with E-state index in [0.717, 1.165) is 31.9 Å². The maximum absolute atomic E-state index is 12.4. The van der Waals surface area contributed by atoms with Crippen molar-refractivity contribution in [3.8, 4) is 5.75 Å². The Kier molecular flexibility index (Phi) is 5.82. The summed E-state index contributed by atoms with van der Waals surface area (Å²) in [5.41, 5.74) is 1.46. The number of rotatable bonds is 3. The highest BCUT2D eigenvalue weighted by molar-refractivity contribution is 6.36. The summed E-state index contributed by atoms with van der Waals surface area (Å²) >= 11 is 18.2. The first-order valence-electron chi connectivity index (χ1n) is 8.07. The fraction of sp³-hybridized carbons (Fsp3) is 0.278. The molecular formula is C18H18Cl3N3O2. The zero-order valence-corrected chi connectivity index (χ0v) is 16.4. The summed E-state index contributed by atoms with van der Waals surface area (Å²) in [6, 6.07) is 8.08. The number of hydrogen-bond donors (Lipinski definition) is 2. The van der Waals surface area contributed by atoms with Crippen molar-refractivity contribution in [1.82, 2.24) is 4.90 Å². The van der Waals surface area contributed by atoms with Crippen molar-refractivity contribution in [2.24, 2.45) is 0 Å². The van der Waals surface area contributed by atoms with Crippen molar-refractivity contribution in [1.29, 1.82) is 0 Å². The van der Waals surface area contributed by atoms with E-state index in [9.17, 15) is 9.90 Å². The van der Waals surface area contributed by atoms with Crippen molar-refractivity contribution >= 4 is 52.1 Å². The number of amides is 1. The van der Waals surface area contributed by atoms with E-state index < -0.39 is 5.91 Å². The molecule has 1 amide bonds. The molecule has 8 heteroatoms. The number of halogens is 3. The minimum absolute atomic E-state index is 0.00164. The van der Waals surface area contributed by atoms with Gasteiger partial charge in [-0.3, -0.25) is 4.79 Å². The molecule has 1 aliphatic heterocycles. The number of benzene rings is 2. The van der Waals surface area contributed by atoms with Crippen molar-refractivity contribution in [3.05, 3.63) is 51.0 Å². The molecule has 0 spiro atoms. The average Bonchev–Trinajstić information content (AvgIpc) is 2.59. The van der Waals surface area contributed by atoms with Gasteiger partial charge in [-0.25, -0.2) is 0 Å². The molecule has 0 aromatic heterocycles. The van der Waals surface area contributed by atoms with Gasteiger partial charge in [0.15, 0.2) is 0 Å². The molecule has 0 unspecified atom stereocenters. The molecule has 0 saturated carbocycles. The van der Waals surface area contributed by atoms with Gasteiger partial charge in [-0.15, -0.1) is 0 Å². The number of hydrogen-bond acceptors (Lipinski definition) is 4. The number of nitrogens with one attached hydrogen (secondary N) is 1. The van der Waals surface area contributed by atoms with Crippen LogP contribution in [0.2, 0.25) is 15.1 Å². The molecule has 3 rings (SSSR count). The van der Waals surface area contributed by atoms with Crippen LogP contribution in [0.4, 0.5) is 11.4 Å². The lowest BCUT2D eigenvalue weighted by Gasteiger charge is -2.34. The van der Waals surface area contributed by atoms with E-state index in [-0.39, 0.29) is 21.4 Å². The first-order valence-corrected chi connectivity index (χ1v) is 9.21. The summed E-state index contributed by atoms with van der Waals surface area (Å²) in [4.78, 5) is 16.9. The number of carbonyl (C=O) groups excluding carboxylic acids is 1. The Morgan fingerprint density at radius 2 is 1.73 bits per heavy atom. The number of anilines is 2. The molecule has 5 nitrogen and oxygen atoms in total. The number of nitrogens with zero attached hydrogens (tertiary/aromatic N) is 2. The molecule has 1 saturated heterocycles. The Morgan fingerprint density at radius 3 is 2.38 bits per heavy atom. The fourth-order valence-electron chi connectivity index (χ4n) is 2.83. The molecule has 1 fully saturated rings. The monoisotopic (exact) mass is 413 g/mol. The van der Waals surface area contributed by atoms with Crippen LogP contribution in [0, 0.1) is 0 Å². The molecule has 26 heavy (non-hydrogen) atoms. The van der Waals surface area contributed by atoms with E-state index in [1.807, 2.05) is 6.07 Å². The molecule has 1 aliphatic rings. The van der Waals surface area contributed by atoms with Gasteiger partial charge in [0.1, 0.15) is 5.75 Å². The molecule has 138 valence electrons. The average molecular weight is 415 g/mol. The highest BCUT2D eigenvalue weighted by Crippen LogP contribution is 2.33. The Hall–Kier alpha value is -1.66. The second-order valence-electron chi connectivity index (χ2n) is 6.19. The summed E-state index contributed by atoms with van der Waals surface area (Å²) < 4.78 is 0. The third kappa shape index (κ3) is 4.18. The van der Waals surface area contributed by atoms with Crippen molar-refractivity contribution in [3.63, 3.8) is 0 Å². The predicted molar refractivity (Wildman–Crippen MR) is 107 cm³/mol. The first-order chi connectivity index (χ1) is 12.3. The molecule has 2 aromatic rings. The zero-order valence-electron chi connectivity index (χ0n) is 14.1. The lowest BCUT2D eigenvalue weighted by molar-refractivity contribution is 0.102. The SMILES string of the molecule is CN1CCN(c2ccc(NC(=O)c3cc(Cl)cc(Cl)c3O)cc2Cl)CC1. The smallest absolute Gasteiger partial charge is 0.259 e. The molecule has 0 aliphatic carbocycles. The van der Waals surface area contributed by atoms with Gasteiger partial charge in [0.2, 0.25) is 0 Å². The standard InChI is InChI=1S/C18H18Cl3N3O2/c1-23-4-6-24(7-5-23)16-3-2-12(10-14(16)20)22-18(26)13-8-11(19)9-15(21)17(13)25/h2-3,8-10,25H,4-7H2,1H3,(H,22,26). The van der Waals surface area contributed by atoms with Crippen LogP contribution in [0.15, 0.2) is 30.3 Å². The van der Waals surface area contributed by atoms with Gasteiger partial charge >= 0.3 is 0 Å². The van der Waals surface area contributed by atoms with Crippen molar-refractivity contribution in [2.45, 2.75) is 0 Å². The second-order valence-corrected chi connectivity index (χ2v) is 7.45. The highest BCUT2D eigenvalue weighted by atomic mass is 35.5. The highest BCUT2D eigenvalue weighted by Gasteiger charge is 2.18. The van der Waals surface area contributed by atoms with Crippen LogP contribution in [-0.2, 0) is 0 Å². The Balaban J connectivity index is 1.77. The lowest BCUT2D eigenvalue weighted by Crippen LogP contribution is -2.44. The van der Waals surface area contributed by atoms with Crippen LogP contribution >= 0.6 is 34.8 Å². The van der Waals surface area contributed by atoms with Crippen LogP contribution in [0.3, 0.4) is 0 Å². The van der Waals surface area contributed by atoms with Gasteiger partial charge in [0, 0.05) is 36.9 Å². The number of piperazine rings is 1. The van der Waals surface area contributed by atoms with E-state index in [4.69, 9.17) is 34.8 Å². The lowest BCUT2D eigenvalue weighted by atomic mass is 10.1. The van der Waals surface area contributed by atoms with Gasteiger partial charge < -0.3 is 20.2 Å². The van der Waals surface area contributed by atoms with E-state index in [1.165, 1.54) is 12.1 Å². The number of phenolic OH excluding ortho intramolecular Hbond substituents is 1. The van der Waals surface area contributed by atoms with Crippen LogP contribution in [-0.4, -0.2) is 49.1 Å². The second kappa shape index (κ2) is 7.92.